The topological polar surface area (TPSA) is 75.3 Å². The third-order valence-electron chi connectivity index (χ3n) is 3.51. The van der Waals surface area contributed by atoms with Crippen molar-refractivity contribution in [2.75, 3.05) is 6.54 Å². The Bertz CT molecular complexity index is 639. The third-order valence-corrected chi connectivity index (χ3v) is 5.10. The van der Waals surface area contributed by atoms with Crippen LogP contribution < -0.4 is 10.0 Å². The van der Waals surface area contributed by atoms with Gasteiger partial charge in [-0.15, -0.1) is 0 Å². The van der Waals surface area contributed by atoms with Crippen LogP contribution in [-0.2, 0) is 10.0 Å². The number of rotatable bonds is 8. The molecule has 0 aliphatic rings. The van der Waals surface area contributed by atoms with E-state index in [1.165, 1.54) is 12.1 Å². The van der Waals surface area contributed by atoms with Gasteiger partial charge in [-0.1, -0.05) is 33.3 Å². The van der Waals surface area contributed by atoms with E-state index in [4.69, 9.17) is 0 Å². The van der Waals surface area contributed by atoms with Crippen LogP contribution in [0.3, 0.4) is 0 Å². The summed E-state index contributed by atoms with van der Waals surface area (Å²) in [5.74, 6) is 0.0950. The summed E-state index contributed by atoms with van der Waals surface area (Å²) in [6.45, 7) is 10.2. The fraction of sp³-hybridized carbons (Fsp3) is 0.588. The average molecular weight is 340 g/mol. The second-order valence-corrected chi connectivity index (χ2v) is 8.11. The maximum Gasteiger partial charge on any atom is 0.251 e. The molecule has 0 aromatic heterocycles. The summed E-state index contributed by atoms with van der Waals surface area (Å²) in [4.78, 5) is 12.4. The fourth-order valence-corrected chi connectivity index (χ4v) is 3.53. The molecular weight excluding hydrogens is 312 g/mol. The Labute approximate surface area is 139 Å². The molecule has 130 valence electrons. The molecule has 0 spiro atoms. The Balaban J connectivity index is 3.02. The van der Waals surface area contributed by atoms with Crippen LogP contribution in [0.5, 0.6) is 0 Å². The van der Waals surface area contributed by atoms with E-state index in [9.17, 15) is 13.2 Å². The molecule has 0 saturated heterocycles. The van der Waals surface area contributed by atoms with Crippen molar-refractivity contribution in [1.82, 2.24) is 10.0 Å². The van der Waals surface area contributed by atoms with Crippen molar-refractivity contribution in [3.63, 3.8) is 0 Å². The van der Waals surface area contributed by atoms with Crippen LogP contribution in [0.15, 0.2) is 23.1 Å². The highest BCUT2D eigenvalue weighted by Gasteiger charge is 2.20. The van der Waals surface area contributed by atoms with Crippen molar-refractivity contribution in [3.05, 3.63) is 29.3 Å². The number of carbonyl (C=O) groups excluding carboxylic acids is 1. The van der Waals surface area contributed by atoms with Gasteiger partial charge >= 0.3 is 0 Å². The van der Waals surface area contributed by atoms with Crippen LogP contribution in [-0.4, -0.2) is 26.9 Å². The van der Waals surface area contributed by atoms with Crippen LogP contribution >= 0.6 is 0 Å². The highest BCUT2D eigenvalue weighted by Crippen LogP contribution is 2.16. The van der Waals surface area contributed by atoms with Gasteiger partial charge in [0.15, 0.2) is 0 Å². The molecule has 5 nitrogen and oxygen atoms in total. The molecule has 1 rings (SSSR count). The van der Waals surface area contributed by atoms with Crippen LogP contribution in [0.4, 0.5) is 0 Å². The van der Waals surface area contributed by atoms with Gasteiger partial charge in [0.05, 0.1) is 4.90 Å². The first-order valence-corrected chi connectivity index (χ1v) is 9.56. The van der Waals surface area contributed by atoms with Gasteiger partial charge in [-0.05, 0) is 43.9 Å². The number of sulfonamides is 1. The van der Waals surface area contributed by atoms with E-state index in [-0.39, 0.29) is 16.8 Å². The van der Waals surface area contributed by atoms with Crippen molar-refractivity contribution < 1.29 is 13.2 Å². The molecule has 0 aliphatic heterocycles. The summed E-state index contributed by atoms with van der Waals surface area (Å²) in [6, 6.07) is 4.52. The summed E-state index contributed by atoms with van der Waals surface area (Å²) in [7, 11) is -3.62. The first-order valence-electron chi connectivity index (χ1n) is 8.08. The summed E-state index contributed by atoms with van der Waals surface area (Å²) < 4.78 is 27.5. The lowest BCUT2D eigenvalue weighted by atomic mass is 10.1. The Hall–Kier alpha value is -1.40. The predicted octanol–water partition coefficient (Wildman–Crippen LogP) is 2.85. The highest BCUT2D eigenvalue weighted by atomic mass is 32.2. The number of amides is 1. The molecule has 1 aromatic carbocycles. The zero-order valence-corrected chi connectivity index (χ0v) is 15.5. The Morgan fingerprint density at radius 1 is 1.22 bits per heavy atom. The molecule has 0 unspecified atom stereocenters. The molecule has 0 bridgehead atoms. The monoisotopic (exact) mass is 340 g/mol. The smallest absolute Gasteiger partial charge is 0.251 e. The van der Waals surface area contributed by atoms with Crippen LogP contribution in [0.25, 0.3) is 0 Å². The second-order valence-electron chi connectivity index (χ2n) is 6.39. The summed E-state index contributed by atoms with van der Waals surface area (Å²) in [6.07, 6.45) is 1.67. The molecule has 1 aromatic rings. The van der Waals surface area contributed by atoms with Gasteiger partial charge in [0, 0.05) is 18.2 Å². The zero-order valence-electron chi connectivity index (χ0n) is 14.6. The highest BCUT2D eigenvalue weighted by molar-refractivity contribution is 7.89. The maximum absolute atomic E-state index is 12.4. The Morgan fingerprint density at radius 3 is 2.43 bits per heavy atom. The van der Waals surface area contributed by atoms with E-state index >= 15 is 0 Å². The number of aryl methyl sites for hydroxylation is 1. The molecule has 2 N–H and O–H groups in total. The van der Waals surface area contributed by atoms with Gasteiger partial charge in [-0.25, -0.2) is 13.1 Å². The molecular formula is C17H28N2O3S. The summed E-state index contributed by atoms with van der Waals surface area (Å²) in [5, 5.41) is 2.82. The molecule has 23 heavy (non-hydrogen) atoms. The Kier molecular flexibility index (Phi) is 7.22. The molecule has 0 radical (unpaired) electrons. The van der Waals surface area contributed by atoms with E-state index in [1.54, 1.807) is 13.0 Å². The quantitative estimate of drug-likeness (QED) is 0.764. The molecule has 0 aliphatic carbocycles. The minimum Gasteiger partial charge on any atom is -0.352 e. The SMILES string of the molecule is CCC[C@H](C)NS(=O)(=O)c1ccc(C)c(C(=O)NCC(C)C)c1. The van der Waals surface area contributed by atoms with Crippen molar-refractivity contribution in [2.45, 2.75) is 58.4 Å². The fourth-order valence-electron chi connectivity index (χ4n) is 2.23. The van der Waals surface area contributed by atoms with Crippen molar-refractivity contribution in [3.8, 4) is 0 Å². The first kappa shape index (κ1) is 19.6. The minimum absolute atomic E-state index is 0.126. The number of nitrogens with one attached hydrogen (secondary N) is 2. The number of benzene rings is 1. The van der Waals surface area contributed by atoms with Crippen LogP contribution in [0.1, 0.15) is 56.5 Å². The molecule has 6 heteroatoms. The molecule has 0 fully saturated rings. The molecule has 1 atom stereocenters. The maximum atomic E-state index is 12.4. The van der Waals surface area contributed by atoms with Gasteiger partial charge < -0.3 is 5.32 Å². The molecule has 0 saturated carbocycles. The van der Waals surface area contributed by atoms with Gasteiger partial charge in [-0.2, -0.15) is 0 Å². The van der Waals surface area contributed by atoms with E-state index in [0.717, 1.165) is 18.4 Å². The van der Waals surface area contributed by atoms with E-state index in [0.29, 0.717) is 18.0 Å². The van der Waals surface area contributed by atoms with E-state index in [1.807, 2.05) is 27.7 Å². The third kappa shape index (κ3) is 5.95. The first-order chi connectivity index (χ1) is 10.7. The average Bonchev–Trinajstić information content (AvgIpc) is 2.44. The largest absolute Gasteiger partial charge is 0.352 e. The zero-order chi connectivity index (χ0) is 17.6. The standard InChI is InChI=1S/C17H28N2O3S/c1-6-7-14(5)19-23(21,22)15-9-8-13(4)16(10-15)17(20)18-11-12(2)3/h8-10,12,14,19H,6-7,11H2,1-5H3,(H,18,20)/t14-/m0/s1. The lowest BCUT2D eigenvalue weighted by Crippen LogP contribution is -2.33. The minimum atomic E-state index is -3.62. The van der Waals surface area contributed by atoms with Crippen molar-refractivity contribution >= 4 is 15.9 Å². The van der Waals surface area contributed by atoms with Crippen LogP contribution in [0.2, 0.25) is 0 Å². The second kappa shape index (κ2) is 8.45. The van der Waals surface area contributed by atoms with Gasteiger partial charge in [0.1, 0.15) is 0 Å². The van der Waals surface area contributed by atoms with Crippen molar-refractivity contribution in [2.24, 2.45) is 5.92 Å². The normalized spacial score (nSPS) is 13.1. The van der Waals surface area contributed by atoms with Crippen LogP contribution in [0, 0.1) is 12.8 Å². The summed E-state index contributed by atoms with van der Waals surface area (Å²) in [5.41, 5.74) is 1.16. The van der Waals surface area contributed by atoms with Gasteiger partial charge in [-0.3, -0.25) is 4.79 Å². The van der Waals surface area contributed by atoms with Gasteiger partial charge in [0.25, 0.3) is 5.91 Å². The molecule has 1 amide bonds. The van der Waals surface area contributed by atoms with E-state index < -0.39 is 10.0 Å². The van der Waals surface area contributed by atoms with Crippen molar-refractivity contribution in [1.29, 1.82) is 0 Å². The van der Waals surface area contributed by atoms with E-state index in [2.05, 4.69) is 10.0 Å². The number of hydrogen-bond acceptors (Lipinski definition) is 3. The lowest BCUT2D eigenvalue weighted by Gasteiger charge is -2.15. The predicted molar refractivity (Wildman–Crippen MR) is 93.0 cm³/mol. The number of hydrogen-bond donors (Lipinski definition) is 2. The summed E-state index contributed by atoms with van der Waals surface area (Å²) >= 11 is 0. The lowest BCUT2D eigenvalue weighted by molar-refractivity contribution is 0.0948. The van der Waals surface area contributed by atoms with Gasteiger partial charge in [0.2, 0.25) is 10.0 Å². The Morgan fingerprint density at radius 2 is 1.87 bits per heavy atom. The number of carbonyl (C=O) groups is 1. The molecule has 0 heterocycles.